The highest BCUT2D eigenvalue weighted by Crippen LogP contribution is 2.01. The van der Waals surface area contributed by atoms with Gasteiger partial charge < -0.3 is 19.9 Å². The number of rotatable bonds is 7. The van der Waals surface area contributed by atoms with E-state index in [4.69, 9.17) is 5.11 Å². The van der Waals surface area contributed by atoms with Crippen LogP contribution in [-0.2, 0) is 16.1 Å². The third kappa shape index (κ3) is 4.11. The van der Waals surface area contributed by atoms with Crippen LogP contribution in [0.25, 0.3) is 0 Å². The average molecular weight is 281 g/mol. The highest BCUT2D eigenvalue weighted by atomic mass is 16.4. The predicted octanol–water partition coefficient (Wildman–Crippen LogP) is 0.171. The minimum atomic E-state index is -1.10. The van der Waals surface area contributed by atoms with Gasteiger partial charge in [-0.3, -0.25) is 9.59 Å². The Kier molecular flexibility index (Phi) is 5.76. The van der Waals surface area contributed by atoms with Gasteiger partial charge in [-0.15, -0.1) is 0 Å². The first-order valence-corrected chi connectivity index (χ1v) is 6.42. The Morgan fingerprint density at radius 1 is 1.30 bits per heavy atom. The molecule has 2 amide bonds. The Balaban J connectivity index is 2.50. The van der Waals surface area contributed by atoms with Crippen LogP contribution in [0.3, 0.4) is 0 Å². The molecule has 0 aliphatic rings. The van der Waals surface area contributed by atoms with Crippen LogP contribution in [0.4, 0.5) is 0 Å². The molecular formula is C13H19N3O4. The second kappa shape index (κ2) is 7.32. The number of carboxylic acid groups (broad SMARTS) is 1. The van der Waals surface area contributed by atoms with Gasteiger partial charge in [-0.25, -0.2) is 4.79 Å². The molecule has 0 fully saturated rings. The minimum Gasteiger partial charge on any atom is -0.477 e. The van der Waals surface area contributed by atoms with Gasteiger partial charge in [0.05, 0.1) is 6.54 Å². The van der Waals surface area contributed by atoms with Gasteiger partial charge in [0.1, 0.15) is 12.2 Å². The number of carbonyl (C=O) groups is 3. The summed E-state index contributed by atoms with van der Waals surface area (Å²) in [6.45, 7) is 4.70. The van der Waals surface area contributed by atoms with Gasteiger partial charge in [0.25, 0.3) is 0 Å². The summed E-state index contributed by atoms with van der Waals surface area (Å²) in [6.07, 6.45) is 1.51. The fraction of sp³-hybridized carbons (Fsp3) is 0.462. The summed E-state index contributed by atoms with van der Waals surface area (Å²) < 4.78 is 1.32. The number of likely N-dealkylation sites (N-methyl/N-ethyl adjacent to an activating group) is 1. The molecule has 2 N–H and O–H groups in total. The molecule has 0 bridgehead atoms. The van der Waals surface area contributed by atoms with Crippen LogP contribution in [0.1, 0.15) is 24.3 Å². The second-order valence-corrected chi connectivity index (χ2v) is 4.17. The van der Waals surface area contributed by atoms with Crippen LogP contribution >= 0.6 is 0 Å². The van der Waals surface area contributed by atoms with Gasteiger partial charge in [0, 0.05) is 19.3 Å². The fourth-order valence-electron chi connectivity index (χ4n) is 1.82. The topological polar surface area (TPSA) is 91.6 Å². The van der Waals surface area contributed by atoms with E-state index in [1.54, 1.807) is 11.0 Å². The summed E-state index contributed by atoms with van der Waals surface area (Å²) in [5.41, 5.74) is 0.0372. The molecule has 1 heterocycles. The van der Waals surface area contributed by atoms with E-state index in [9.17, 15) is 14.4 Å². The number of carbonyl (C=O) groups excluding carboxylic acids is 2. The number of aromatic nitrogens is 1. The minimum absolute atomic E-state index is 0.0372. The zero-order valence-corrected chi connectivity index (χ0v) is 11.6. The lowest BCUT2D eigenvalue weighted by Gasteiger charge is -2.18. The molecule has 0 radical (unpaired) electrons. The Morgan fingerprint density at radius 3 is 2.50 bits per heavy atom. The fourth-order valence-corrected chi connectivity index (χ4v) is 1.82. The van der Waals surface area contributed by atoms with E-state index in [1.807, 2.05) is 13.8 Å². The third-order valence-corrected chi connectivity index (χ3v) is 2.92. The maximum atomic E-state index is 11.7. The van der Waals surface area contributed by atoms with E-state index in [2.05, 4.69) is 5.32 Å². The molecule has 0 saturated carbocycles. The lowest BCUT2D eigenvalue weighted by atomic mass is 10.4. The maximum Gasteiger partial charge on any atom is 0.352 e. The van der Waals surface area contributed by atoms with E-state index in [-0.39, 0.29) is 24.7 Å². The normalized spacial score (nSPS) is 10.1. The third-order valence-electron chi connectivity index (χ3n) is 2.92. The summed E-state index contributed by atoms with van der Waals surface area (Å²) >= 11 is 0. The first-order valence-electron chi connectivity index (χ1n) is 6.42. The van der Waals surface area contributed by atoms with Crippen molar-refractivity contribution in [2.75, 3.05) is 19.6 Å². The van der Waals surface area contributed by atoms with Crippen LogP contribution < -0.4 is 5.32 Å². The molecule has 1 aromatic rings. The zero-order valence-electron chi connectivity index (χ0n) is 11.6. The van der Waals surface area contributed by atoms with E-state index in [1.165, 1.54) is 16.8 Å². The molecule has 0 atom stereocenters. The summed E-state index contributed by atoms with van der Waals surface area (Å²) in [4.78, 5) is 35.9. The molecule has 1 rings (SSSR count). The lowest BCUT2D eigenvalue weighted by molar-refractivity contribution is -0.132. The Bertz CT molecular complexity index is 492. The molecule has 0 aliphatic carbocycles. The number of aromatic carboxylic acids is 1. The van der Waals surface area contributed by atoms with E-state index < -0.39 is 11.9 Å². The molecule has 7 nitrogen and oxygen atoms in total. The van der Waals surface area contributed by atoms with Gasteiger partial charge in [-0.05, 0) is 26.0 Å². The maximum absolute atomic E-state index is 11.7. The second-order valence-electron chi connectivity index (χ2n) is 4.17. The van der Waals surface area contributed by atoms with Crippen molar-refractivity contribution in [3.05, 3.63) is 24.0 Å². The standard InChI is InChI=1S/C13H19N3O4/c1-3-15(4-2)12(18)8-14-11(17)9-16-7-5-6-10(16)13(19)20/h5-7H,3-4,8-9H2,1-2H3,(H,14,17)(H,19,20). The Hall–Kier alpha value is -2.31. The molecule has 20 heavy (non-hydrogen) atoms. The van der Waals surface area contributed by atoms with Crippen molar-refractivity contribution >= 4 is 17.8 Å². The van der Waals surface area contributed by atoms with Gasteiger partial charge in [0.15, 0.2) is 0 Å². The van der Waals surface area contributed by atoms with Crippen LogP contribution in [0, 0.1) is 0 Å². The van der Waals surface area contributed by atoms with E-state index >= 15 is 0 Å². The van der Waals surface area contributed by atoms with Crippen LogP contribution in [0.15, 0.2) is 18.3 Å². The van der Waals surface area contributed by atoms with Crippen molar-refractivity contribution in [3.8, 4) is 0 Å². The van der Waals surface area contributed by atoms with Crippen molar-refractivity contribution in [3.63, 3.8) is 0 Å². The van der Waals surface area contributed by atoms with Crippen molar-refractivity contribution < 1.29 is 19.5 Å². The van der Waals surface area contributed by atoms with Crippen molar-refractivity contribution in [1.29, 1.82) is 0 Å². The van der Waals surface area contributed by atoms with Crippen LogP contribution in [0.5, 0.6) is 0 Å². The number of hydrogen-bond acceptors (Lipinski definition) is 3. The van der Waals surface area contributed by atoms with Gasteiger partial charge in [-0.1, -0.05) is 0 Å². The monoisotopic (exact) mass is 281 g/mol. The summed E-state index contributed by atoms with van der Waals surface area (Å²) in [5, 5.41) is 11.4. The van der Waals surface area contributed by atoms with Crippen molar-refractivity contribution in [1.82, 2.24) is 14.8 Å². The van der Waals surface area contributed by atoms with Gasteiger partial charge >= 0.3 is 5.97 Å². The molecule has 0 aliphatic heterocycles. The van der Waals surface area contributed by atoms with E-state index in [0.717, 1.165) is 0 Å². The predicted molar refractivity (Wildman–Crippen MR) is 72.3 cm³/mol. The number of hydrogen-bond donors (Lipinski definition) is 2. The number of carboxylic acids is 1. The molecule has 0 saturated heterocycles. The molecule has 110 valence electrons. The lowest BCUT2D eigenvalue weighted by Crippen LogP contribution is -2.41. The number of nitrogens with zero attached hydrogens (tertiary/aromatic N) is 2. The van der Waals surface area contributed by atoms with Gasteiger partial charge in [-0.2, -0.15) is 0 Å². The average Bonchev–Trinajstić information content (AvgIpc) is 2.86. The number of nitrogens with one attached hydrogen (secondary N) is 1. The summed E-state index contributed by atoms with van der Waals surface area (Å²) in [6, 6.07) is 2.97. The molecular weight excluding hydrogens is 262 g/mol. The Labute approximate surface area is 117 Å². The highest BCUT2D eigenvalue weighted by molar-refractivity contribution is 5.88. The molecule has 0 aromatic carbocycles. The summed E-state index contributed by atoms with van der Waals surface area (Å²) in [7, 11) is 0. The zero-order chi connectivity index (χ0) is 15.1. The first-order chi connectivity index (χ1) is 9.49. The summed E-state index contributed by atoms with van der Waals surface area (Å²) in [5.74, 6) is -1.65. The highest BCUT2D eigenvalue weighted by Gasteiger charge is 2.14. The van der Waals surface area contributed by atoms with Crippen molar-refractivity contribution in [2.24, 2.45) is 0 Å². The Morgan fingerprint density at radius 2 is 1.95 bits per heavy atom. The largest absolute Gasteiger partial charge is 0.477 e. The quantitative estimate of drug-likeness (QED) is 0.745. The van der Waals surface area contributed by atoms with Crippen molar-refractivity contribution in [2.45, 2.75) is 20.4 Å². The molecule has 7 heteroatoms. The first kappa shape index (κ1) is 15.7. The SMILES string of the molecule is CCN(CC)C(=O)CNC(=O)Cn1cccc1C(=O)O. The van der Waals surface area contributed by atoms with Crippen LogP contribution in [-0.4, -0.2) is 52.0 Å². The smallest absolute Gasteiger partial charge is 0.352 e. The molecule has 0 unspecified atom stereocenters. The van der Waals surface area contributed by atoms with E-state index in [0.29, 0.717) is 13.1 Å². The van der Waals surface area contributed by atoms with Crippen LogP contribution in [0.2, 0.25) is 0 Å². The van der Waals surface area contributed by atoms with Gasteiger partial charge in [0.2, 0.25) is 11.8 Å². The number of amides is 2. The molecule has 1 aromatic heterocycles. The molecule has 0 spiro atoms.